The Morgan fingerprint density at radius 2 is 1.56 bits per heavy atom. The van der Waals surface area contributed by atoms with Crippen LogP contribution in [-0.2, 0) is 0 Å². The maximum Gasteiger partial charge on any atom is 0.123 e. The number of benzene rings is 1. The summed E-state index contributed by atoms with van der Waals surface area (Å²) in [4.78, 5) is 2.28. The van der Waals surface area contributed by atoms with Gasteiger partial charge in [0.25, 0.3) is 0 Å². The lowest BCUT2D eigenvalue weighted by Gasteiger charge is -2.37. The molecule has 1 aromatic carbocycles. The van der Waals surface area contributed by atoms with Gasteiger partial charge >= 0.3 is 0 Å². The molecule has 1 aromatic rings. The summed E-state index contributed by atoms with van der Waals surface area (Å²) in [5.74, 6) is 0.346. The molecule has 2 N–H and O–H groups in total. The van der Waals surface area contributed by atoms with Crippen molar-refractivity contribution in [3.63, 3.8) is 0 Å². The third kappa shape index (κ3) is 3.53. The van der Waals surface area contributed by atoms with Crippen LogP contribution in [0.2, 0.25) is 0 Å². The van der Waals surface area contributed by atoms with Crippen LogP contribution in [0.15, 0.2) is 24.3 Å². The number of hydrogen-bond acceptors (Lipinski definition) is 2. The van der Waals surface area contributed by atoms with Gasteiger partial charge < -0.3 is 5.73 Å². The highest BCUT2D eigenvalue weighted by Crippen LogP contribution is 2.26. The second kappa shape index (κ2) is 6.30. The van der Waals surface area contributed by atoms with Crippen LogP contribution in [0.25, 0.3) is 0 Å². The first-order valence-corrected chi connectivity index (χ1v) is 6.57. The molecule has 18 heavy (non-hydrogen) atoms. The molecule has 0 saturated heterocycles. The van der Waals surface area contributed by atoms with Gasteiger partial charge in [-0.25, -0.2) is 4.39 Å². The van der Waals surface area contributed by atoms with Crippen LogP contribution >= 0.6 is 0 Å². The predicted molar refractivity (Wildman–Crippen MR) is 74.9 cm³/mol. The zero-order chi connectivity index (χ0) is 13.9. The highest BCUT2D eigenvalue weighted by atomic mass is 19.1. The number of nitrogens with two attached hydrogens (primary N) is 1. The van der Waals surface area contributed by atoms with E-state index in [0.717, 1.165) is 5.56 Å². The molecule has 0 bridgehead atoms. The van der Waals surface area contributed by atoms with Gasteiger partial charge in [0.1, 0.15) is 5.82 Å². The summed E-state index contributed by atoms with van der Waals surface area (Å²) in [6.45, 7) is 8.59. The molecule has 0 heterocycles. The Bertz CT molecular complexity index is 359. The highest BCUT2D eigenvalue weighted by Gasteiger charge is 2.26. The Balaban J connectivity index is 2.99. The van der Waals surface area contributed by atoms with Gasteiger partial charge in [-0.1, -0.05) is 26.0 Å². The van der Waals surface area contributed by atoms with Crippen LogP contribution in [-0.4, -0.2) is 24.0 Å². The van der Waals surface area contributed by atoms with E-state index in [1.807, 2.05) is 19.1 Å². The molecule has 3 unspecified atom stereocenters. The summed E-state index contributed by atoms with van der Waals surface area (Å²) < 4.78 is 13.0. The Hall–Kier alpha value is -0.930. The molecule has 0 spiro atoms. The minimum atomic E-state index is -0.207. The first kappa shape index (κ1) is 15.1. The van der Waals surface area contributed by atoms with E-state index < -0.39 is 0 Å². The molecule has 0 amide bonds. The zero-order valence-corrected chi connectivity index (χ0v) is 12.0. The van der Waals surface area contributed by atoms with Crippen molar-refractivity contribution < 1.29 is 4.39 Å². The summed E-state index contributed by atoms with van der Waals surface area (Å²) >= 11 is 0. The Morgan fingerprint density at radius 3 is 1.94 bits per heavy atom. The summed E-state index contributed by atoms with van der Waals surface area (Å²) in [6.07, 6.45) is 0. The Labute approximate surface area is 110 Å². The maximum atomic E-state index is 13.0. The van der Waals surface area contributed by atoms with Gasteiger partial charge in [-0.05, 0) is 44.5 Å². The monoisotopic (exact) mass is 252 g/mol. The molecule has 102 valence electrons. The van der Waals surface area contributed by atoms with Gasteiger partial charge in [-0.2, -0.15) is 0 Å². The van der Waals surface area contributed by atoms with Crippen molar-refractivity contribution in [1.29, 1.82) is 0 Å². The Kier molecular flexibility index (Phi) is 5.29. The molecule has 3 heteroatoms. The van der Waals surface area contributed by atoms with E-state index in [9.17, 15) is 4.39 Å². The molecular weight excluding hydrogens is 227 g/mol. The predicted octanol–water partition coefficient (Wildman–Crippen LogP) is 3.19. The van der Waals surface area contributed by atoms with E-state index in [1.165, 1.54) is 12.1 Å². The van der Waals surface area contributed by atoms with Crippen LogP contribution < -0.4 is 5.73 Å². The molecule has 3 atom stereocenters. The van der Waals surface area contributed by atoms with Crippen molar-refractivity contribution in [3.05, 3.63) is 35.6 Å². The van der Waals surface area contributed by atoms with Gasteiger partial charge in [-0.15, -0.1) is 0 Å². The molecule has 0 saturated carbocycles. The van der Waals surface area contributed by atoms with Crippen molar-refractivity contribution in [2.75, 3.05) is 7.05 Å². The molecule has 0 aliphatic carbocycles. The minimum absolute atomic E-state index is 0.00154. The van der Waals surface area contributed by atoms with Crippen LogP contribution in [0.4, 0.5) is 4.39 Å². The van der Waals surface area contributed by atoms with E-state index in [4.69, 9.17) is 5.73 Å². The van der Waals surface area contributed by atoms with Crippen molar-refractivity contribution >= 4 is 0 Å². The third-order valence-electron chi connectivity index (χ3n) is 3.76. The summed E-state index contributed by atoms with van der Waals surface area (Å²) in [7, 11) is 2.09. The Morgan fingerprint density at radius 1 is 1.06 bits per heavy atom. The normalized spacial score (nSPS) is 16.9. The molecule has 1 rings (SSSR count). The molecular formula is C15H25FN2. The van der Waals surface area contributed by atoms with Crippen LogP contribution in [0, 0.1) is 11.7 Å². The molecule has 0 aliphatic rings. The average Bonchev–Trinajstić information content (AvgIpc) is 2.30. The van der Waals surface area contributed by atoms with E-state index in [0.29, 0.717) is 12.0 Å². The second-order valence-electron chi connectivity index (χ2n) is 5.51. The summed E-state index contributed by atoms with van der Waals surface area (Å²) in [5.41, 5.74) is 7.18. The molecule has 0 aliphatic heterocycles. The van der Waals surface area contributed by atoms with Crippen molar-refractivity contribution in [1.82, 2.24) is 4.90 Å². The molecule has 0 radical (unpaired) electrons. The fourth-order valence-corrected chi connectivity index (χ4v) is 2.29. The second-order valence-corrected chi connectivity index (χ2v) is 5.51. The molecule has 0 fully saturated rings. The topological polar surface area (TPSA) is 29.3 Å². The molecule has 0 aromatic heterocycles. The third-order valence-corrected chi connectivity index (χ3v) is 3.76. The van der Waals surface area contributed by atoms with Crippen molar-refractivity contribution in [2.45, 2.75) is 45.8 Å². The fourth-order valence-electron chi connectivity index (χ4n) is 2.29. The maximum absolute atomic E-state index is 13.0. The van der Waals surface area contributed by atoms with E-state index >= 15 is 0 Å². The van der Waals surface area contributed by atoms with Gasteiger partial charge in [0, 0.05) is 18.1 Å². The SMILES string of the molecule is CC(C)C(C)N(C)C(c1ccc(F)cc1)C(C)N. The first-order valence-electron chi connectivity index (χ1n) is 6.57. The lowest BCUT2D eigenvalue weighted by Crippen LogP contribution is -2.43. The number of hydrogen-bond donors (Lipinski definition) is 1. The lowest BCUT2D eigenvalue weighted by atomic mass is 9.95. The number of nitrogens with zero attached hydrogens (tertiary/aromatic N) is 1. The standard InChI is InChI=1S/C15H25FN2/c1-10(2)12(4)18(5)15(11(3)17)13-6-8-14(16)9-7-13/h6-12,15H,17H2,1-5H3. The van der Waals surface area contributed by atoms with Gasteiger partial charge in [0.2, 0.25) is 0 Å². The van der Waals surface area contributed by atoms with E-state index in [-0.39, 0.29) is 17.9 Å². The average molecular weight is 252 g/mol. The molecule has 2 nitrogen and oxygen atoms in total. The highest BCUT2D eigenvalue weighted by molar-refractivity contribution is 5.21. The lowest BCUT2D eigenvalue weighted by molar-refractivity contribution is 0.133. The fraction of sp³-hybridized carbons (Fsp3) is 0.600. The quantitative estimate of drug-likeness (QED) is 0.872. The first-order chi connectivity index (χ1) is 8.34. The van der Waals surface area contributed by atoms with Crippen LogP contribution in [0.3, 0.4) is 0 Å². The number of likely N-dealkylation sites (N-methyl/N-ethyl adjacent to an activating group) is 1. The van der Waals surface area contributed by atoms with Gasteiger partial charge in [0.15, 0.2) is 0 Å². The number of rotatable bonds is 5. The largest absolute Gasteiger partial charge is 0.326 e. The van der Waals surface area contributed by atoms with Crippen LogP contribution in [0.1, 0.15) is 39.3 Å². The van der Waals surface area contributed by atoms with Crippen molar-refractivity contribution in [2.24, 2.45) is 11.7 Å². The smallest absolute Gasteiger partial charge is 0.123 e. The number of halogens is 1. The minimum Gasteiger partial charge on any atom is -0.326 e. The van der Waals surface area contributed by atoms with Gasteiger partial charge in [0.05, 0.1) is 0 Å². The van der Waals surface area contributed by atoms with E-state index in [1.54, 1.807) is 0 Å². The zero-order valence-electron chi connectivity index (χ0n) is 12.0. The summed E-state index contributed by atoms with van der Waals surface area (Å²) in [6, 6.07) is 7.19. The van der Waals surface area contributed by atoms with E-state index in [2.05, 4.69) is 32.7 Å². The summed E-state index contributed by atoms with van der Waals surface area (Å²) in [5, 5.41) is 0. The van der Waals surface area contributed by atoms with Crippen molar-refractivity contribution in [3.8, 4) is 0 Å². The van der Waals surface area contributed by atoms with Gasteiger partial charge in [-0.3, -0.25) is 4.90 Å². The van der Waals surface area contributed by atoms with Crippen LogP contribution in [0.5, 0.6) is 0 Å².